The van der Waals surface area contributed by atoms with E-state index >= 15 is 0 Å². The number of anilines is 1. The zero-order chi connectivity index (χ0) is 13.8. The quantitative estimate of drug-likeness (QED) is 0.829. The maximum absolute atomic E-state index is 11.3. The Morgan fingerprint density at radius 1 is 1.22 bits per heavy atom. The summed E-state index contributed by atoms with van der Waals surface area (Å²) in [6, 6.07) is 6.70. The van der Waals surface area contributed by atoms with Gasteiger partial charge in [-0.3, -0.25) is 0 Å². The van der Waals surface area contributed by atoms with Crippen molar-refractivity contribution in [3.8, 4) is 0 Å². The second-order valence-corrected chi connectivity index (χ2v) is 7.30. The lowest BCUT2D eigenvalue weighted by atomic mass is 9.90. The van der Waals surface area contributed by atoms with E-state index in [0.29, 0.717) is 4.90 Å². The van der Waals surface area contributed by atoms with Crippen molar-refractivity contribution in [2.75, 3.05) is 24.7 Å². The predicted octanol–water partition coefficient (Wildman–Crippen LogP) is 1.91. The Morgan fingerprint density at radius 2 is 1.78 bits per heavy atom. The van der Waals surface area contributed by atoms with E-state index in [1.54, 1.807) is 24.3 Å². The Morgan fingerprint density at radius 3 is 2.22 bits per heavy atom. The van der Waals surface area contributed by atoms with Gasteiger partial charge < -0.3 is 10.4 Å². The summed E-state index contributed by atoms with van der Waals surface area (Å²) < 4.78 is 22.6. The van der Waals surface area contributed by atoms with Crippen molar-refractivity contribution in [2.45, 2.75) is 25.2 Å². The number of nitrogens with one attached hydrogen (secondary N) is 1. The molecule has 0 radical (unpaired) electrons. The van der Waals surface area contributed by atoms with Gasteiger partial charge in [0.05, 0.1) is 4.90 Å². The maximum atomic E-state index is 11.3. The smallest absolute Gasteiger partial charge is 0.175 e. The number of sulfone groups is 1. The van der Waals surface area contributed by atoms with Gasteiger partial charge in [0.2, 0.25) is 0 Å². The average molecular weight is 271 g/mol. The molecule has 1 aromatic rings. The lowest BCUT2D eigenvalue weighted by Crippen LogP contribution is -2.24. The molecule has 0 aromatic heterocycles. The molecule has 0 bridgehead atoms. The lowest BCUT2D eigenvalue weighted by molar-refractivity contribution is 0.220. The SMILES string of the molecule is CC(C)(CCO)CNc1ccc(S(C)(=O)=O)cc1. The van der Waals surface area contributed by atoms with Crippen molar-refractivity contribution in [3.63, 3.8) is 0 Å². The fourth-order valence-corrected chi connectivity index (χ4v) is 2.18. The molecule has 0 aliphatic rings. The van der Waals surface area contributed by atoms with Gasteiger partial charge >= 0.3 is 0 Å². The number of aliphatic hydroxyl groups is 1. The Bertz CT molecular complexity index is 477. The van der Waals surface area contributed by atoms with Crippen LogP contribution in [0.5, 0.6) is 0 Å². The van der Waals surface area contributed by atoms with E-state index < -0.39 is 9.84 Å². The first kappa shape index (κ1) is 15.0. The zero-order valence-corrected chi connectivity index (χ0v) is 11.9. The Labute approximate surface area is 109 Å². The van der Waals surface area contributed by atoms with Gasteiger partial charge in [-0.2, -0.15) is 0 Å². The summed E-state index contributed by atoms with van der Waals surface area (Å²) >= 11 is 0. The highest BCUT2D eigenvalue weighted by molar-refractivity contribution is 7.90. The van der Waals surface area contributed by atoms with Gasteiger partial charge in [-0.05, 0) is 36.1 Å². The third-order valence-electron chi connectivity index (χ3n) is 2.84. The van der Waals surface area contributed by atoms with Crippen molar-refractivity contribution >= 4 is 15.5 Å². The van der Waals surface area contributed by atoms with Crippen LogP contribution in [0.25, 0.3) is 0 Å². The number of hydrogen-bond acceptors (Lipinski definition) is 4. The number of hydrogen-bond donors (Lipinski definition) is 2. The molecule has 18 heavy (non-hydrogen) atoms. The van der Waals surface area contributed by atoms with Crippen molar-refractivity contribution < 1.29 is 13.5 Å². The third-order valence-corrected chi connectivity index (χ3v) is 3.97. The zero-order valence-electron chi connectivity index (χ0n) is 11.1. The molecule has 0 amide bonds. The van der Waals surface area contributed by atoms with Crippen LogP contribution in [0.4, 0.5) is 5.69 Å². The highest BCUT2D eigenvalue weighted by atomic mass is 32.2. The molecule has 0 aliphatic heterocycles. The van der Waals surface area contributed by atoms with Crippen LogP contribution in [0.1, 0.15) is 20.3 Å². The second kappa shape index (κ2) is 5.71. The van der Waals surface area contributed by atoms with Gasteiger partial charge in [0.25, 0.3) is 0 Å². The van der Waals surface area contributed by atoms with Gasteiger partial charge in [0, 0.05) is 25.1 Å². The van der Waals surface area contributed by atoms with Crippen molar-refractivity contribution in [1.29, 1.82) is 0 Å². The molecule has 0 heterocycles. The van der Waals surface area contributed by atoms with E-state index in [0.717, 1.165) is 18.7 Å². The van der Waals surface area contributed by atoms with E-state index in [1.165, 1.54) is 6.26 Å². The van der Waals surface area contributed by atoms with Gasteiger partial charge in [-0.25, -0.2) is 8.42 Å². The van der Waals surface area contributed by atoms with E-state index in [9.17, 15) is 8.42 Å². The Balaban J connectivity index is 2.65. The molecule has 5 heteroatoms. The van der Waals surface area contributed by atoms with Gasteiger partial charge in [-0.15, -0.1) is 0 Å². The van der Waals surface area contributed by atoms with Crippen molar-refractivity contribution in [1.82, 2.24) is 0 Å². The summed E-state index contributed by atoms with van der Waals surface area (Å²) in [4.78, 5) is 0.322. The predicted molar refractivity (Wildman–Crippen MR) is 73.5 cm³/mol. The first-order valence-corrected chi connectivity index (χ1v) is 7.79. The molecule has 1 rings (SSSR count). The van der Waals surface area contributed by atoms with Crippen LogP contribution in [-0.4, -0.2) is 32.9 Å². The van der Waals surface area contributed by atoms with Gasteiger partial charge in [0.15, 0.2) is 9.84 Å². The maximum Gasteiger partial charge on any atom is 0.175 e. The van der Waals surface area contributed by atoms with E-state index in [4.69, 9.17) is 5.11 Å². The molecule has 2 N–H and O–H groups in total. The van der Waals surface area contributed by atoms with E-state index in [1.807, 2.05) is 0 Å². The van der Waals surface area contributed by atoms with E-state index in [2.05, 4.69) is 19.2 Å². The summed E-state index contributed by atoms with van der Waals surface area (Å²) in [6.45, 7) is 5.04. The highest BCUT2D eigenvalue weighted by Crippen LogP contribution is 2.21. The van der Waals surface area contributed by atoms with E-state index in [-0.39, 0.29) is 12.0 Å². The van der Waals surface area contributed by atoms with Crippen LogP contribution in [0.15, 0.2) is 29.2 Å². The minimum absolute atomic E-state index is 0.00422. The normalized spacial score (nSPS) is 12.4. The average Bonchev–Trinajstić information content (AvgIpc) is 2.26. The summed E-state index contributed by atoms with van der Waals surface area (Å²) in [7, 11) is -3.13. The minimum atomic E-state index is -3.13. The molecule has 4 nitrogen and oxygen atoms in total. The topological polar surface area (TPSA) is 66.4 Å². The fraction of sp³-hybridized carbons (Fsp3) is 0.538. The molecular formula is C13H21NO3S. The molecule has 0 atom stereocenters. The molecule has 102 valence electrons. The Hall–Kier alpha value is -1.07. The molecule has 0 fully saturated rings. The van der Waals surface area contributed by atoms with Gasteiger partial charge in [0.1, 0.15) is 0 Å². The number of rotatable bonds is 6. The standard InChI is InChI=1S/C13H21NO3S/c1-13(2,8-9-15)10-14-11-4-6-12(7-5-11)18(3,16)17/h4-7,14-15H,8-10H2,1-3H3. The molecular weight excluding hydrogens is 250 g/mol. The molecule has 0 saturated carbocycles. The Kier molecular flexibility index (Phi) is 4.76. The van der Waals surface area contributed by atoms with Crippen LogP contribution >= 0.6 is 0 Å². The highest BCUT2D eigenvalue weighted by Gasteiger charge is 2.16. The largest absolute Gasteiger partial charge is 0.396 e. The third kappa shape index (κ3) is 4.66. The van der Waals surface area contributed by atoms with Crippen molar-refractivity contribution in [2.24, 2.45) is 5.41 Å². The lowest BCUT2D eigenvalue weighted by Gasteiger charge is -2.24. The first-order valence-electron chi connectivity index (χ1n) is 5.89. The number of benzene rings is 1. The second-order valence-electron chi connectivity index (χ2n) is 5.29. The molecule has 0 unspecified atom stereocenters. The van der Waals surface area contributed by atoms with Gasteiger partial charge in [-0.1, -0.05) is 13.8 Å². The number of aliphatic hydroxyl groups excluding tert-OH is 1. The monoisotopic (exact) mass is 271 g/mol. The van der Waals surface area contributed by atoms with Crippen LogP contribution in [-0.2, 0) is 9.84 Å². The van der Waals surface area contributed by atoms with Crippen molar-refractivity contribution in [3.05, 3.63) is 24.3 Å². The summed E-state index contributed by atoms with van der Waals surface area (Å²) in [5, 5.41) is 12.2. The van der Waals surface area contributed by atoms with Crippen LogP contribution < -0.4 is 5.32 Å². The van der Waals surface area contributed by atoms with Crippen LogP contribution in [0.3, 0.4) is 0 Å². The summed E-state index contributed by atoms with van der Waals surface area (Å²) in [5.41, 5.74) is 0.887. The fourth-order valence-electron chi connectivity index (χ4n) is 1.55. The van der Waals surface area contributed by atoms with Crippen LogP contribution in [0, 0.1) is 5.41 Å². The minimum Gasteiger partial charge on any atom is -0.396 e. The molecule has 0 spiro atoms. The molecule has 0 saturated heterocycles. The first-order chi connectivity index (χ1) is 8.24. The summed E-state index contributed by atoms with van der Waals surface area (Å²) in [6.07, 6.45) is 1.92. The van der Waals surface area contributed by atoms with Crippen LogP contribution in [0.2, 0.25) is 0 Å². The molecule has 1 aromatic carbocycles. The molecule has 0 aliphatic carbocycles. The summed E-state index contributed by atoms with van der Waals surface area (Å²) in [5.74, 6) is 0.